The topological polar surface area (TPSA) is 107 Å². The quantitative estimate of drug-likeness (QED) is 0.712. The number of amides is 2. The summed E-state index contributed by atoms with van der Waals surface area (Å²) in [6, 6.07) is -0.979. The Morgan fingerprint density at radius 2 is 2.11 bits per heavy atom. The third kappa shape index (κ3) is 3.30. The summed E-state index contributed by atoms with van der Waals surface area (Å²) in [6.45, 7) is 3.47. The second-order valence-corrected chi connectivity index (χ2v) is 4.45. The zero-order chi connectivity index (χ0) is 13.9. The van der Waals surface area contributed by atoms with Crippen molar-refractivity contribution in [3.63, 3.8) is 0 Å². The Labute approximate surface area is 106 Å². The van der Waals surface area contributed by atoms with Crippen LogP contribution in [0.4, 0.5) is 0 Å². The molecule has 0 fully saturated rings. The van der Waals surface area contributed by atoms with Gasteiger partial charge in [0.2, 0.25) is 11.8 Å². The van der Waals surface area contributed by atoms with Gasteiger partial charge in [-0.15, -0.1) is 0 Å². The molecular formula is C11H19N5O2. The molecule has 4 N–H and O–H groups in total. The lowest BCUT2D eigenvalue weighted by atomic mass is 10.1. The van der Waals surface area contributed by atoms with E-state index < -0.39 is 11.9 Å². The maximum atomic E-state index is 12.2. The Bertz CT molecular complexity index is 440. The van der Waals surface area contributed by atoms with Crippen LogP contribution in [-0.2, 0) is 16.6 Å². The molecule has 0 bridgehead atoms. The molecular weight excluding hydrogens is 234 g/mol. The van der Waals surface area contributed by atoms with E-state index in [0.717, 1.165) is 0 Å². The van der Waals surface area contributed by atoms with Crippen LogP contribution in [0, 0.1) is 0 Å². The van der Waals surface area contributed by atoms with E-state index in [9.17, 15) is 9.59 Å². The molecule has 0 aromatic carbocycles. The predicted octanol–water partition coefficient (Wildman–Crippen LogP) is -0.858. The normalized spacial score (nSPS) is 12.5. The van der Waals surface area contributed by atoms with Crippen LogP contribution in [-0.4, -0.2) is 39.1 Å². The van der Waals surface area contributed by atoms with Gasteiger partial charge in [0, 0.05) is 24.8 Å². The number of rotatable bonds is 5. The molecule has 7 nitrogen and oxygen atoms in total. The molecule has 18 heavy (non-hydrogen) atoms. The molecule has 0 saturated carbocycles. The van der Waals surface area contributed by atoms with Crippen molar-refractivity contribution in [1.82, 2.24) is 14.7 Å². The summed E-state index contributed by atoms with van der Waals surface area (Å²) in [4.78, 5) is 24.5. The van der Waals surface area contributed by atoms with Gasteiger partial charge in [0.15, 0.2) is 0 Å². The van der Waals surface area contributed by atoms with Gasteiger partial charge in [-0.2, -0.15) is 5.10 Å². The summed E-state index contributed by atoms with van der Waals surface area (Å²) >= 11 is 0. The molecule has 1 aromatic rings. The first-order valence-electron chi connectivity index (χ1n) is 5.65. The van der Waals surface area contributed by atoms with E-state index in [-0.39, 0.29) is 18.5 Å². The van der Waals surface area contributed by atoms with Gasteiger partial charge < -0.3 is 16.4 Å². The Hall–Kier alpha value is -1.89. The zero-order valence-electron chi connectivity index (χ0n) is 10.8. The molecule has 1 atom stereocenters. The van der Waals surface area contributed by atoms with Crippen LogP contribution >= 0.6 is 0 Å². The van der Waals surface area contributed by atoms with E-state index in [0.29, 0.717) is 5.56 Å². The Morgan fingerprint density at radius 3 is 2.50 bits per heavy atom. The third-order valence-electron chi connectivity index (χ3n) is 2.58. The maximum Gasteiger partial charge on any atom is 0.244 e. The van der Waals surface area contributed by atoms with Crippen molar-refractivity contribution in [3.05, 3.63) is 18.0 Å². The van der Waals surface area contributed by atoms with Crippen molar-refractivity contribution in [2.24, 2.45) is 18.5 Å². The third-order valence-corrected chi connectivity index (χ3v) is 2.58. The fourth-order valence-corrected chi connectivity index (χ4v) is 1.60. The van der Waals surface area contributed by atoms with Gasteiger partial charge >= 0.3 is 0 Å². The molecule has 7 heteroatoms. The Morgan fingerprint density at radius 1 is 1.50 bits per heavy atom. The van der Waals surface area contributed by atoms with Gasteiger partial charge in [-0.1, -0.05) is 0 Å². The molecule has 1 unspecified atom stereocenters. The molecule has 100 valence electrons. The van der Waals surface area contributed by atoms with Gasteiger partial charge in [-0.3, -0.25) is 14.3 Å². The van der Waals surface area contributed by atoms with Gasteiger partial charge in [-0.05, 0) is 13.8 Å². The predicted molar refractivity (Wildman–Crippen MR) is 66.2 cm³/mol. The monoisotopic (exact) mass is 253 g/mol. The summed E-state index contributed by atoms with van der Waals surface area (Å²) in [5.74, 6) is -0.896. The number of primary amides is 1. The van der Waals surface area contributed by atoms with Crippen LogP contribution in [0.3, 0.4) is 0 Å². The highest BCUT2D eigenvalue weighted by atomic mass is 16.2. The molecule has 0 aliphatic heterocycles. The number of carbonyl (C=O) groups excluding carboxylic acids is 2. The van der Waals surface area contributed by atoms with Crippen molar-refractivity contribution >= 4 is 11.8 Å². The fraction of sp³-hybridized carbons (Fsp3) is 0.545. The van der Waals surface area contributed by atoms with Crippen LogP contribution < -0.4 is 11.5 Å². The van der Waals surface area contributed by atoms with E-state index in [1.807, 2.05) is 0 Å². The second-order valence-electron chi connectivity index (χ2n) is 4.45. The first-order valence-corrected chi connectivity index (χ1v) is 5.65. The summed E-state index contributed by atoms with van der Waals surface area (Å²) in [5, 5.41) is 3.96. The molecule has 1 heterocycles. The lowest BCUT2D eigenvalue weighted by Gasteiger charge is -2.27. The summed E-state index contributed by atoms with van der Waals surface area (Å²) in [6.07, 6.45) is 3.21. The van der Waals surface area contributed by atoms with Gasteiger partial charge in [0.1, 0.15) is 6.04 Å². The summed E-state index contributed by atoms with van der Waals surface area (Å²) in [5.41, 5.74) is 11.6. The average molecular weight is 253 g/mol. The molecule has 2 amide bonds. The number of hydrogen-bond donors (Lipinski definition) is 2. The minimum Gasteiger partial charge on any atom is -0.368 e. The Kier molecular flexibility index (Phi) is 4.43. The van der Waals surface area contributed by atoms with Gasteiger partial charge in [0.05, 0.1) is 12.7 Å². The standard InChI is InChI=1S/C11H19N5O2/c1-7(2)16(6-9(12)17)11(18)10(13)8-4-14-15(3)5-8/h4-5,7,10H,6,13H2,1-3H3,(H2,12,17). The van der Waals surface area contributed by atoms with Crippen molar-refractivity contribution in [3.8, 4) is 0 Å². The first kappa shape index (κ1) is 14.2. The lowest BCUT2D eigenvalue weighted by molar-refractivity contribution is -0.138. The number of hydrogen-bond acceptors (Lipinski definition) is 4. The van der Waals surface area contributed by atoms with E-state index >= 15 is 0 Å². The number of aromatic nitrogens is 2. The van der Waals surface area contributed by atoms with Crippen molar-refractivity contribution in [1.29, 1.82) is 0 Å². The van der Waals surface area contributed by atoms with Gasteiger partial charge in [0.25, 0.3) is 0 Å². The van der Waals surface area contributed by atoms with Crippen LogP contribution in [0.25, 0.3) is 0 Å². The number of nitrogens with two attached hydrogens (primary N) is 2. The first-order chi connectivity index (χ1) is 8.32. The van der Waals surface area contributed by atoms with Gasteiger partial charge in [-0.25, -0.2) is 0 Å². The molecule has 0 saturated heterocycles. The van der Waals surface area contributed by atoms with E-state index in [4.69, 9.17) is 11.5 Å². The highest BCUT2D eigenvalue weighted by Gasteiger charge is 2.26. The van der Waals surface area contributed by atoms with Crippen molar-refractivity contribution in [2.75, 3.05) is 6.54 Å². The smallest absolute Gasteiger partial charge is 0.244 e. The maximum absolute atomic E-state index is 12.2. The molecule has 0 aliphatic carbocycles. The molecule has 0 aliphatic rings. The fourth-order valence-electron chi connectivity index (χ4n) is 1.60. The Balaban J connectivity index is 2.85. The van der Waals surface area contributed by atoms with Crippen LogP contribution in [0.5, 0.6) is 0 Å². The number of carbonyl (C=O) groups is 2. The molecule has 0 spiro atoms. The van der Waals surface area contributed by atoms with Crippen LogP contribution in [0.15, 0.2) is 12.4 Å². The van der Waals surface area contributed by atoms with E-state index in [1.165, 1.54) is 11.1 Å². The zero-order valence-corrected chi connectivity index (χ0v) is 10.8. The van der Waals surface area contributed by atoms with Crippen LogP contribution in [0.2, 0.25) is 0 Å². The highest BCUT2D eigenvalue weighted by molar-refractivity contribution is 5.87. The second kappa shape index (κ2) is 5.63. The van der Waals surface area contributed by atoms with Crippen molar-refractivity contribution < 1.29 is 9.59 Å². The minimum absolute atomic E-state index is 0.134. The van der Waals surface area contributed by atoms with Crippen LogP contribution in [0.1, 0.15) is 25.5 Å². The summed E-state index contributed by atoms with van der Waals surface area (Å²) in [7, 11) is 1.74. The lowest BCUT2D eigenvalue weighted by Crippen LogP contribution is -2.46. The van der Waals surface area contributed by atoms with E-state index in [1.54, 1.807) is 31.8 Å². The minimum atomic E-state index is -0.833. The summed E-state index contributed by atoms with van der Waals surface area (Å²) < 4.78 is 1.57. The van der Waals surface area contributed by atoms with Crippen molar-refractivity contribution in [2.45, 2.75) is 25.9 Å². The number of nitrogens with zero attached hydrogens (tertiary/aromatic N) is 3. The molecule has 1 aromatic heterocycles. The highest BCUT2D eigenvalue weighted by Crippen LogP contribution is 2.13. The van der Waals surface area contributed by atoms with E-state index in [2.05, 4.69) is 5.10 Å². The number of aryl methyl sites for hydroxylation is 1. The SMILES string of the molecule is CC(C)N(CC(N)=O)C(=O)C(N)c1cnn(C)c1. The molecule has 1 rings (SSSR count). The largest absolute Gasteiger partial charge is 0.368 e. The molecule has 0 radical (unpaired) electrons. The average Bonchev–Trinajstić information content (AvgIpc) is 2.70.